The molecule has 1 saturated heterocycles. The van der Waals surface area contributed by atoms with Crippen molar-refractivity contribution < 1.29 is 18.9 Å². The van der Waals surface area contributed by atoms with Crippen LogP contribution in [0.25, 0.3) is 0 Å². The van der Waals surface area contributed by atoms with E-state index < -0.39 is 5.79 Å². The number of halogens is 1. The first-order valence-corrected chi connectivity index (χ1v) is 9.88. The highest BCUT2D eigenvalue weighted by Gasteiger charge is 2.72. The van der Waals surface area contributed by atoms with E-state index in [0.29, 0.717) is 12.0 Å². The van der Waals surface area contributed by atoms with Crippen molar-refractivity contribution >= 4 is 15.9 Å². The van der Waals surface area contributed by atoms with E-state index in [-0.39, 0.29) is 16.3 Å². The van der Waals surface area contributed by atoms with Crippen LogP contribution in [0.15, 0.2) is 12.1 Å². The van der Waals surface area contributed by atoms with Crippen molar-refractivity contribution in [3.05, 3.63) is 23.3 Å². The normalized spacial score (nSPS) is 39.5. The molecule has 1 spiro atoms. The zero-order valence-electron chi connectivity index (χ0n) is 14.8. The Morgan fingerprint density at radius 3 is 2.76 bits per heavy atom. The summed E-state index contributed by atoms with van der Waals surface area (Å²) in [7, 11) is 5.15. The van der Waals surface area contributed by atoms with Gasteiger partial charge in [0.25, 0.3) is 0 Å². The molecule has 6 heteroatoms. The van der Waals surface area contributed by atoms with Gasteiger partial charge in [0.1, 0.15) is 0 Å². The molecule has 1 N–H and O–H groups in total. The number of rotatable bonds is 3. The van der Waals surface area contributed by atoms with E-state index in [1.54, 1.807) is 21.3 Å². The lowest BCUT2D eigenvalue weighted by molar-refractivity contribution is -0.283. The van der Waals surface area contributed by atoms with Gasteiger partial charge in [-0.1, -0.05) is 22.0 Å². The Morgan fingerprint density at radius 1 is 1.24 bits per heavy atom. The number of piperidine rings is 1. The molecular formula is C19H24BrNO4. The van der Waals surface area contributed by atoms with Crippen molar-refractivity contribution in [3.8, 4) is 11.5 Å². The zero-order valence-corrected chi connectivity index (χ0v) is 16.4. The van der Waals surface area contributed by atoms with E-state index in [1.165, 1.54) is 11.1 Å². The fraction of sp³-hybridized carbons (Fsp3) is 0.684. The predicted molar refractivity (Wildman–Crippen MR) is 96.8 cm³/mol. The number of ether oxygens (including phenoxy) is 4. The standard InChI is InChI=1S/C19H24BrNO4/c1-22-13-5-4-10-8-12-11-9-14(20)19(23-2,24-3)17-18(11,6-7-21-12)15(10)16(13)25-17/h4-5,11-12,14,17,21H,6-9H2,1-3H3/t11?,12-,14?,17-,18+/m0/s1. The molecule has 2 fully saturated rings. The van der Waals surface area contributed by atoms with Gasteiger partial charge >= 0.3 is 0 Å². The molecule has 2 heterocycles. The molecular weight excluding hydrogens is 386 g/mol. The molecule has 5 rings (SSSR count). The van der Waals surface area contributed by atoms with Crippen LogP contribution in [-0.4, -0.2) is 50.6 Å². The lowest BCUT2D eigenvalue weighted by Gasteiger charge is -2.60. The van der Waals surface area contributed by atoms with Gasteiger partial charge in [0.2, 0.25) is 5.79 Å². The van der Waals surface area contributed by atoms with E-state index >= 15 is 0 Å². The first-order chi connectivity index (χ1) is 12.1. The summed E-state index contributed by atoms with van der Waals surface area (Å²) in [5.74, 6) is 1.40. The fourth-order valence-electron chi connectivity index (χ4n) is 6.08. The van der Waals surface area contributed by atoms with E-state index in [1.807, 2.05) is 6.07 Å². The second kappa shape index (κ2) is 5.35. The molecule has 0 radical (unpaired) electrons. The van der Waals surface area contributed by atoms with E-state index in [9.17, 15) is 0 Å². The highest BCUT2D eigenvalue weighted by atomic mass is 79.9. The van der Waals surface area contributed by atoms with Gasteiger partial charge in [-0.25, -0.2) is 0 Å². The second-order valence-corrected chi connectivity index (χ2v) is 8.73. The second-order valence-electron chi connectivity index (χ2n) is 7.62. The van der Waals surface area contributed by atoms with Crippen LogP contribution in [-0.2, 0) is 21.3 Å². The van der Waals surface area contributed by atoms with Gasteiger partial charge < -0.3 is 24.3 Å². The average Bonchev–Trinajstić information content (AvgIpc) is 2.96. The van der Waals surface area contributed by atoms with Gasteiger partial charge in [0.05, 0.1) is 11.9 Å². The molecule has 1 aromatic rings. The summed E-state index contributed by atoms with van der Waals surface area (Å²) in [4.78, 5) is 0.0717. The molecule has 0 amide bonds. The number of alkyl halides is 1. The minimum atomic E-state index is -0.809. The van der Waals surface area contributed by atoms with Crippen LogP contribution in [0.2, 0.25) is 0 Å². The van der Waals surface area contributed by atoms with Crippen molar-refractivity contribution in [2.45, 2.75) is 47.4 Å². The molecule has 1 saturated carbocycles. The minimum Gasteiger partial charge on any atom is -0.493 e. The summed E-state index contributed by atoms with van der Waals surface area (Å²) in [6, 6.07) is 4.71. The summed E-state index contributed by atoms with van der Waals surface area (Å²) in [5, 5.41) is 3.75. The molecule has 136 valence electrons. The number of hydrogen-bond donors (Lipinski definition) is 1. The summed E-state index contributed by atoms with van der Waals surface area (Å²) in [6.45, 7) is 0.994. The zero-order chi connectivity index (χ0) is 17.4. The monoisotopic (exact) mass is 409 g/mol. The highest BCUT2D eigenvalue weighted by molar-refractivity contribution is 9.09. The first-order valence-electron chi connectivity index (χ1n) is 8.97. The van der Waals surface area contributed by atoms with Crippen molar-refractivity contribution in [1.82, 2.24) is 5.32 Å². The molecule has 5 atom stereocenters. The van der Waals surface area contributed by atoms with Gasteiger partial charge in [-0.05, 0) is 43.4 Å². The maximum atomic E-state index is 6.64. The average molecular weight is 410 g/mol. The smallest absolute Gasteiger partial charge is 0.219 e. The number of nitrogens with one attached hydrogen (secondary N) is 1. The van der Waals surface area contributed by atoms with Crippen molar-refractivity contribution in [3.63, 3.8) is 0 Å². The van der Waals surface area contributed by atoms with E-state index in [4.69, 9.17) is 18.9 Å². The fourth-order valence-corrected chi connectivity index (χ4v) is 7.09. The molecule has 2 aliphatic heterocycles. The number of methoxy groups -OCH3 is 3. The maximum Gasteiger partial charge on any atom is 0.219 e. The molecule has 4 aliphatic rings. The molecule has 2 unspecified atom stereocenters. The number of benzene rings is 1. The van der Waals surface area contributed by atoms with Crippen molar-refractivity contribution in [2.75, 3.05) is 27.9 Å². The summed E-state index contributed by atoms with van der Waals surface area (Å²) >= 11 is 3.87. The lowest BCUT2D eigenvalue weighted by atomic mass is 9.51. The van der Waals surface area contributed by atoms with Crippen LogP contribution < -0.4 is 14.8 Å². The largest absolute Gasteiger partial charge is 0.493 e. The van der Waals surface area contributed by atoms with Crippen LogP contribution in [0.4, 0.5) is 0 Å². The Bertz CT molecular complexity index is 722. The van der Waals surface area contributed by atoms with Crippen molar-refractivity contribution in [1.29, 1.82) is 0 Å². The Labute approximate surface area is 156 Å². The third kappa shape index (κ3) is 1.75. The Morgan fingerprint density at radius 2 is 2.04 bits per heavy atom. The Kier molecular flexibility index (Phi) is 3.50. The maximum absolute atomic E-state index is 6.64. The summed E-state index contributed by atoms with van der Waals surface area (Å²) < 4.78 is 24.3. The topological polar surface area (TPSA) is 49.0 Å². The van der Waals surface area contributed by atoms with E-state index in [2.05, 4.69) is 27.3 Å². The first kappa shape index (κ1) is 16.4. The predicted octanol–water partition coefficient (Wildman–Crippen LogP) is 2.38. The molecule has 2 aliphatic carbocycles. The molecule has 1 aromatic carbocycles. The Balaban J connectivity index is 1.80. The van der Waals surface area contributed by atoms with Gasteiger partial charge in [-0.15, -0.1) is 0 Å². The van der Waals surface area contributed by atoms with Crippen LogP contribution in [0, 0.1) is 5.92 Å². The third-order valence-corrected chi connectivity index (χ3v) is 8.04. The molecule has 25 heavy (non-hydrogen) atoms. The van der Waals surface area contributed by atoms with Crippen LogP contribution in [0.1, 0.15) is 24.0 Å². The van der Waals surface area contributed by atoms with Crippen LogP contribution in [0.5, 0.6) is 11.5 Å². The number of hydrogen-bond acceptors (Lipinski definition) is 5. The van der Waals surface area contributed by atoms with Gasteiger partial charge in [-0.3, -0.25) is 0 Å². The van der Waals surface area contributed by atoms with Gasteiger partial charge in [0, 0.05) is 31.2 Å². The molecule has 0 aromatic heterocycles. The minimum absolute atomic E-state index is 0.0717. The van der Waals surface area contributed by atoms with Crippen molar-refractivity contribution in [2.24, 2.45) is 5.92 Å². The molecule has 2 bridgehead atoms. The summed E-state index contributed by atoms with van der Waals surface area (Å²) in [6.07, 6.45) is 2.88. The highest BCUT2D eigenvalue weighted by Crippen LogP contribution is 2.65. The Hall–Kier alpha value is -0.820. The SMILES string of the molecule is COc1ccc2c3c1O[C@@H]1C(OC)(OC)C(Br)CC4[C@H](C2)NCC[C@]341. The lowest BCUT2D eigenvalue weighted by Crippen LogP contribution is -2.73. The van der Waals surface area contributed by atoms with E-state index in [0.717, 1.165) is 37.3 Å². The summed E-state index contributed by atoms with van der Waals surface area (Å²) in [5.41, 5.74) is 2.64. The van der Waals surface area contributed by atoms with Gasteiger partial charge in [-0.2, -0.15) is 0 Å². The van der Waals surface area contributed by atoms with Crippen LogP contribution in [0.3, 0.4) is 0 Å². The quantitative estimate of drug-likeness (QED) is 0.613. The van der Waals surface area contributed by atoms with Crippen LogP contribution >= 0.6 is 15.9 Å². The van der Waals surface area contributed by atoms with Gasteiger partial charge in [0.15, 0.2) is 17.6 Å². The molecule has 5 nitrogen and oxygen atoms in total. The third-order valence-electron chi connectivity index (χ3n) is 7.03.